The van der Waals surface area contributed by atoms with Crippen LogP contribution in [0.4, 0.5) is 0 Å². The molecular formula is C33H29NO. The Bertz CT molecular complexity index is 1920. The van der Waals surface area contributed by atoms with E-state index in [-0.39, 0.29) is 5.41 Å². The number of furan rings is 1. The second-order valence-electron chi connectivity index (χ2n) is 11.4. The topological polar surface area (TPSA) is 17.6 Å². The van der Waals surface area contributed by atoms with Gasteiger partial charge in [-0.1, -0.05) is 69.3 Å². The van der Waals surface area contributed by atoms with E-state index in [4.69, 9.17) is 4.42 Å². The maximum Gasteiger partial charge on any atom is 0.161 e. The number of nitrogens with zero attached hydrogens (tertiary/aromatic N) is 1. The first-order chi connectivity index (χ1) is 16.8. The predicted octanol–water partition coefficient (Wildman–Crippen LogP) is 9.46. The molecule has 0 aliphatic rings. The summed E-state index contributed by atoms with van der Waals surface area (Å²) in [7, 11) is 0. The first-order valence-electron chi connectivity index (χ1n) is 12.5. The summed E-state index contributed by atoms with van der Waals surface area (Å²) < 4.78 is 8.83. The van der Waals surface area contributed by atoms with E-state index in [0.29, 0.717) is 0 Å². The first-order valence-corrected chi connectivity index (χ1v) is 12.5. The van der Waals surface area contributed by atoms with Gasteiger partial charge in [0, 0.05) is 21.5 Å². The van der Waals surface area contributed by atoms with Crippen molar-refractivity contribution in [3.63, 3.8) is 0 Å². The summed E-state index contributed by atoms with van der Waals surface area (Å²) in [5.41, 5.74) is 12.6. The van der Waals surface area contributed by atoms with E-state index in [1.807, 2.05) is 6.07 Å². The van der Waals surface area contributed by atoms with Crippen LogP contribution in [-0.4, -0.2) is 4.40 Å². The highest BCUT2D eigenvalue weighted by Gasteiger charge is 2.24. The summed E-state index contributed by atoms with van der Waals surface area (Å²) >= 11 is 0. The number of rotatable bonds is 2. The van der Waals surface area contributed by atoms with Crippen LogP contribution in [-0.2, 0) is 6.42 Å². The van der Waals surface area contributed by atoms with E-state index in [1.54, 1.807) is 0 Å². The van der Waals surface area contributed by atoms with Crippen molar-refractivity contribution in [1.82, 2.24) is 4.40 Å². The molecule has 0 fully saturated rings. The lowest BCUT2D eigenvalue weighted by Crippen LogP contribution is -2.09. The molecule has 0 unspecified atom stereocenters. The largest absolute Gasteiger partial charge is 0.454 e. The van der Waals surface area contributed by atoms with Crippen LogP contribution in [0.1, 0.15) is 37.5 Å². The van der Waals surface area contributed by atoms with Gasteiger partial charge in [-0.2, -0.15) is 0 Å². The number of hydrogen-bond acceptors (Lipinski definition) is 1. The highest BCUT2D eigenvalue weighted by atomic mass is 16.3. The zero-order chi connectivity index (χ0) is 24.1. The third-order valence-corrected chi connectivity index (χ3v) is 7.50. The van der Waals surface area contributed by atoms with Crippen LogP contribution in [0.5, 0.6) is 0 Å². The van der Waals surface area contributed by atoms with Crippen LogP contribution < -0.4 is 0 Å². The fourth-order valence-corrected chi connectivity index (χ4v) is 6.12. The lowest BCUT2D eigenvalue weighted by molar-refractivity contribution is 0.411. The number of fused-ring (bicyclic) bond motifs is 8. The molecule has 2 heteroatoms. The van der Waals surface area contributed by atoms with Crippen molar-refractivity contribution in [2.45, 2.75) is 41.0 Å². The Hall–Kier alpha value is -3.78. The normalized spacial score (nSPS) is 12.8. The number of benzene rings is 4. The Kier molecular flexibility index (Phi) is 4.05. The number of para-hydroxylation sites is 2. The number of aromatic nitrogens is 1. The standard InChI is InChI=1S/C33H29NO/c1-19-13-15-21(18-33(3,4)5)17-25(19)28-20(2)14-16-26-29(28)23-10-8-11-24-30(23)34(26)31-22-9-6-7-12-27(22)35-32(24)31/h6-17H,18H2,1-5H3. The van der Waals surface area contributed by atoms with Crippen molar-refractivity contribution in [3.8, 4) is 11.1 Å². The molecule has 0 saturated carbocycles. The molecule has 7 rings (SSSR count). The van der Waals surface area contributed by atoms with E-state index in [9.17, 15) is 0 Å². The molecule has 0 aliphatic carbocycles. The third kappa shape index (κ3) is 2.83. The smallest absolute Gasteiger partial charge is 0.161 e. The molecule has 0 radical (unpaired) electrons. The van der Waals surface area contributed by atoms with E-state index in [2.05, 4.69) is 106 Å². The SMILES string of the molecule is Cc1ccc(CC(C)(C)C)cc1-c1c(C)ccc2c1c1cccc3c4oc5ccccc5c4n2c31. The average Bonchev–Trinajstić information content (AvgIpc) is 3.45. The number of aryl methyl sites for hydroxylation is 2. The fourth-order valence-electron chi connectivity index (χ4n) is 6.12. The van der Waals surface area contributed by atoms with Gasteiger partial charge < -0.3 is 8.82 Å². The van der Waals surface area contributed by atoms with Gasteiger partial charge in [0.15, 0.2) is 5.58 Å². The molecule has 0 aliphatic heterocycles. The lowest BCUT2D eigenvalue weighted by Gasteiger charge is -2.20. The van der Waals surface area contributed by atoms with Crippen LogP contribution in [0.15, 0.2) is 77.2 Å². The molecule has 0 saturated heterocycles. The molecule has 0 bridgehead atoms. The predicted molar refractivity (Wildman–Crippen MR) is 149 cm³/mol. The van der Waals surface area contributed by atoms with E-state index in [1.165, 1.54) is 65.9 Å². The van der Waals surface area contributed by atoms with Crippen LogP contribution in [0.25, 0.3) is 60.4 Å². The van der Waals surface area contributed by atoms with Crippen molar-refractivity contribution in [3.05, 3.63) is 89.5 Å². The quantitative estimate of drug-likeness (QED) is 0.254. The monoisotopic (exact) mass is 455 g/mol. The van der Waals surface area contributed by atoms with Gasteiger partial charge in [-0.25, -0.2) is 0 Å². The molecule has 0 amide bonds. The maximum atomic E-state index is 6.39. The molecule has 3 heterocycles. The molecule has 0 atom stereocenters. The van der Waals surface area contributed by atoms with Gasteiger partial charge in [0.1, 0.15) is 11.1 Å². The summed E-state index contributed by atoms with van der Waals surface area (Å²) in [4.78, 5) is 0. The summed E-state index contributed by atoms with van der Waals surface area (Å²) in [6, 6.07) is 26.7. The van der Waals surface area contributed by atoms with Crippen LogP contribution >= 0.6 is 0 Å². The van der Waals surface area contributed by atoms with Gasteiger partial charge in [0.2, 0.25) is 0 Å². The molecule has 0 spiro atoms. The second kappa shape index (κ2) is 6.88. The van der Waals surface area contributed by atoms with Crippen molar-refractivity contribution >= 4 is 49.3 Å². The average molecular weight is 456 g/mol. The van der Waals surface area contributed by atoms with Gasteiger partial charge in [-0.3, -0.25) is 0 Å². The molecule has 0 N–H and O–H groups in total. The highest BCUT2D eigenvalue weighted by Crippen LogP contribution is 2.46. The summed E-state index contributed by atoms with van der Waals surface area (Å²) in [5.74, 6) is 0. The second-order valence-corrected chi connectivity index (χ2v) is 11.4. The Morgan fingerprint density at radius 3 is 2.31 bits per heavy atom. The molecule has 3 aromatic heterocycles. The van der Waals surface area contributed by atoms with E-state index >= 15 is 0 Å². The summed E-state index contributed by atoms with van der Waals surface area (Å²) in [6.45, 7) is 11.4. The third-order valence-electron chi connectivity index (χ3n) is 7.50. The van der Waals surface area contributed by atoms with Crippen LogP contribution in [0, 0.1) is 19.3 Å². The Labute approximate surface area is 205 Å². The minimum absolute atomic E-state index is 0.248. The maximum absolute atomic E-state index is 6.39. The van der Waals surface area contributed by atoms with Gasteiger partial charge >= 0.3 is 0 Å². The Morgan fingerprint density at radius 2 is 1.49 bits per heavy atom. The molecule has 2 nitrogen and oxygen atoms in total. The van der Waals surface area contributed by atoms with Gasteiger partial charge in [0.25, 0.3) is 0 Å². The molecule has 35 heavy (non-hydrogen) atoms. The summed E-state index contributed by atoms with van der Waals surface area (Å²) in [5, 5.41) is 5.00. The first kappa shape index (κ1) is 20.6. The van der Waals surface area contributed by atoms with Gasteiger partial charge in [0.05, 0.1) is 11.0 Å². The fraction of sp³-hybridized carbons (Fsp3) is 0.212. The van der Waals surface area contributed by atoms with Crippen molar-refractivity contribution in [1.29, 1.82) is 0 Å². The molecule has 4 aromatic carbocycles. The molecular weight excluding hydrogens is 426 g/mol. The lowest BCUT2D eigenvalue weighted by atomic mass is 9.85. The molecule has 7 aromatic rings. The zero-order valence-corrected chi connectivity index (χ0v) is 21.0. The number of hydrogen-bond donors (Lipinski definition) is 0. The van der Waals surface area contributed by atoms with E-state index in [0.717, 1.165) is 17.6 Å². The summed E-state index contributed by atoms with van der Waals surface area (Å²) in [6.07, 6.45) is 1.06. The zero-order valence-electron chi connectivity index (χ0n) is 21.0. The van der Waals surface area contributed by atoms with E-state index < -0.39 is 0 Å². The Balaban J connectivity index is 1.65. The van der Waals surface area contributed by atoms with Crippen LogP contribution in [0.3, 0.4) is 0 Å². The van der Waals surface area contributed by atoms with Gasteiger partial charge in [-0.15, -0.1) is 0 Å². The minimum Gasteiger partial charge on any atom is -0.454 e. The van der Waals surface area contributed by atoms with Crippen molar-refractivity contribution in [2.75, 3.05) is 0 Å². The van der Waals surface area contributed by atoms with Gasteiger partial charge in [-0.05, 0) is 77.8 Å². The molecule has 172 valence electrons. The highest BCUT2D eigenvalue weighted by molar-refractivity contribution is 6.28. The van der Waals surface area contributed by atoms with Crippen molar-refractivity contribution in [2.24, 2.45) is 5.41 Å². The van der Waals surface area contributed by atoms with Crippen molar-refractivity contribution < 1.29 is 4.42 Å². The Morgan fingerprint density at radius 1 is 0.743 bits per heavy atom. The minimum atomic E-state index is 0.248. The van der Waals surface area contributed by atoms with Crippen LogP contribution in [0.2, 0.25) is 0 Å².